The van der Waals surface area contributed by atoms with E-state index < -0.39 is 18.0 Å². The van der Waals surface area contributed by atoms with Gasteiger partial charge in [-0.2, -0.15) is 0 Å². The van der Waals surface area contributed by atoms with Crippen LogP contribution in [0.1, 0.15) is 12.8 Å². The second-order valence-electron chi connectivity index (χ2n) is 5.79. The number of hydrogen-bond acceptors (Lipinski definition) is 5. The van der Waals surface area contributed by atoms with E-state index in [2.05, 4.69) is 22.2 Å². The van der Waals surface area contributed by atoms with Crippen molar-refractivity contribution in [2.45, 2.75) is 25.0 Å². The Morgan fingerprint density at radius 1 is 1.32 bits per heavy atom. The fraction of sp³-hybridized carbons (Fsp3) is 0.923. The van der Waals surface area contributed by atoms with Gasteiger partial charge in [0.2, 0.25) is 0 Å². The van der Waals surface area contributed by atoms with E-state index >= 15 is 0 Å². The van der Waals surface area contributed by atoms with Crippen LogP contribution in [-0.4, -0.2) is 84.4 Å². The van der Waals surface area contributed by atoms with Gasteiger partial charge >= 0.3 is 5.97 Å². The third kappa shape index (κ3) is 4.14. The van der Waals surface area contributed by atoms with E-state index in [1.54, 1.807) is 0 Å². The molecule has 0 bridgehead atoms. The molecule has 0 amide bonds. The number of aliphatic hydroxyl groups excluding tert-OH is 1. The minimum atomic E-state index is -0.905. The van der Waals surface area contributed by atoms with Gasteiger partial charge in [0.25, 0.3) is 0 Å². The van der Waals surface area contributed by atoms with Crippen molar-refractivity contribution in [3.63, 3.8) is 0 Å². The molecule has 110 valence electrons. The highest BCUT2D eigenvalue weighted by Gasteiger charge is 2.33. The van der Waals surface area contributed by atoms with Crippen molar-refractivity contribution in [1.82, 2.24) is 15.1 Å². The Morgan fingerprint density at radius 2 is 2.00 bits per heavy atom. The second-order valence-corrected chi connectivity index (χ2v) is 5.79. The fourth-order valence-electron chi connectivity index (χ4n) is 2.85. The summed E-state index contributed by atoms with van der Waals surface area (Å²) in [6.45, 7) is 5.83. The van der Waals surface area contributed by atoms with Gasteiger partial charge < -0.3 is 25.3 Å². The maximum Gasteiger partial charge on any atom is 0.310 e. The van der Waals surface area contributed by atoms with Crippen molar-refractivity contribution in [2.24, 2.45) is 5.92 Å². The molecule has 2 rings (SSSR count). The molecule has 6 nitrogen and oxygen atoms in total. The van der Waals surface area contributed by atoms with Crippen LogP contribution >= 0.6 is 0 Å². The van der Waals surface area contributed by atoms with Crippen molar-refractivity contribution in [3.05, 3.63) is 0 Å². The standard InChI is InChI=1S/C13H25N3O3/c1-15-4-6-16(7-5-15)3-2-10-8-12(17)11(9-14-10)13(18)19/h10-12,14,17H,2-9H2,1H3,(H,18,19). The Bertz CT molecular complexity index is 306. The summed E-state index contributed by atoms with van der Waals surface area (Å²) in [6, 6.07) is 0.241. The first kappa shape index (κ1) is 14.7. The van der Waals surface area contributed by atoms with E-state index in [0.29, 0.717) is 13.0 Å². The number of rotatable bonds is 4. The van der Waals surface area contributed by atoms with Gasteiger partial charge in [-0.15, -0.1) is 0 Å². The molecule has 0 aliphatic carbocycles. The lowest BCUT2D eigenvalue weighted by atomic mass is 9.90. The molecule has 2 heterocycles. The minimum Gasteiger partial charge on any atom is -0.481 e. The van der Waals surface area contributed by atoms with Crippen LogP contribution in [0.25, 0.3) is 0 Å². The van der Waals surface area contributed by atoms with Gasteiger partial charge in [-0.1, -0.05) is 0 Å². The third-order valence-corrected chi connectivity index (χ3v) is 4.32. The topological polar surface area (TPSA) is 76.0 Å². The first-order valence-electron chi connectivity index (χ1n) is 7.11. The lowest BCUT2D eigenvalue weighted by Gasteiger charge is -2.35. The molecule has 0 spiro atoms. The molecular formula is C13H25N3O3. The number of carbonyl (C=O) groups is 1. The molecule has 0 aromatic heterocycles. The molecule has 0 saturated carbocycles. The molecule has 6 heteroatoms. The number of hydrogen-bond donors (Lipinski definition) is 3. The maximum absolute atomic E-state index is 10.9. The normalized spacial score (nSPS) is 34.3. The van der Waals surface area contributed by atoms with E-state index in [4.69, 9.17) is 5.11 Å². The van der Waals surface area contributed by atoms with E-state index in [9.17, 15) is 9.90 Å². The molecular weight excluding hydrogens is 246 g/mol. The van der Waals surface area contributed by atoms with Crippen molar-refractivity contribution < 1.29 is 15.0 Å². The van der Waals surface area contributed by atoms with E-state index in [1.807, 2.05) is 0 Å². The quantitative estimate of drug-likeness (QED) is 0.612. The van der Waals surface area contributed by atoms with Crippen LogP contribution < -0.4 is 5.32 Å². The van der Waals surface area contributed by atoms with Crippen LogP contribution in [0.4, 0.5) is 0 Å². The molecule has 2 saturated heterocycles. The second kappa shape index (κ2) is 6.65. The number of aliphatic hydroxyl groups is 1. The van der Waals surface area contributed by atoms with E-state index in [0.717, 1.165) is 39.1 Å². The number of likely N-dealkylation sites (N-methyl/N-ethyl adjacent to an activating group) is 1. The summed E-state index contributed by atoms with van der Waals surface area (Å²) >= 11 is 0. The molecule has 0 aromatic carbocycles. The highest BCUT2D eigenvalue weighted by molar-refractivity contribution is 5.71. The van der Waals surface area contributed by atoms with Gasteiger partial charge in [-0.25, -0.2) is 0 Å². The van der Waals surface area contributed by atoms with E-state index in [-0.39, 0.29) is 6.04 Å². The summed E-state index contributed by atoms with van der Waals surface area (Å²) < 4.78 is 0. The molecule has 2 aliphatic heterocycles. The maximum atomic E-state index is 10.9. The number of piperidine rings is 1. The van der Waals surface area contributed by atoms with Crippen LogP contribution in [0.15, 0.2) is 0 Å². The smallest absolute Gasteiger partial charge is 0.310 e. The molecule has 0 aromatic rings. The average Bonchev–Trinajstić information content (AvgIpc) is 2.37. The highest BCUT2D eigenvalue weighted by Crippen LogP contribution is 2.18. The lowest BCUT2D eigenvalue weighted by molar-refractivity contribution is -0.147. The Kier molecular flexibility index (Phi) is 5.15. The van der Waals surface area contributed by atoms with Gasteiger partial charge in [0.1, 0.15) is 0 Å². The van der Waals surface area contributed by atoms with Gasteiger partial charge in [-0.3, -0.25) is 4.79 Å². The van der Waals surface area contributed by atoms with Crippen molar-refractivity contribution in [2.75, 3.05) is 46.3 Å². The van der Waals surface area contributed by atoms with E-state index in [1.165, 1.54) is 0 Å². The summed E-state index contributed by atoms with van der Waals surface area (Å²) in [7, 11) is 2.14. The number of nitrogens with zero attached hydrogens (tertiary/aromatic N) is 2. The fourth-order valence-corrected chi connectivity index (χ4v) is 2.85. The van der Waals surface area contributed by atoms with Crippen molar-refractivity contribution in [3.8, 4) is 0 Å². The summed E-state index contributed by atoms with van der Waals surface area (Å²) in [6.07, 6.45) is 0.814. The zero-order valence-corrected chi connectivity index (χ0v) is 11.6. The zero-order valence-electron chi connectivity index (χ0n) is 11.6. The monoisotopic (exact) mass is 271 g/mol. The van der Waals surface area contributed by atoms with Crippen molar-refractivity contribution >= 4 is 5.97 Å². The van der Waals surface area contributed by atoms with Gasteiger partial charge in [0.15, 0.2) is 0 Å². The summed E-state index contributed by atoms with van der Waals surface area (Å²) in [5, 5.41) is 22.0. The number of carboxylic acid groups (broad SMARTS) is 1. The number of aliphatic carboxylic acids is 1. The predicted octanol–water partition coefficient (Wildman–Crippen LogP) is -0.952. The molecule has 19 heavy (non-hydrogen) atoms. The van der Waals surface area contributed by atoms with Crippen LogP contribution in [0.2, 0.25) is 0 Å². The molecule has 0 radical (unpaired) electrons. The Labute approximate surface area is 114 Å². The highest BCUT2D eigenvalue weighted by atomic mass is 16.4. The summed E-state index contributed by atoms with van der Waals surface area (Å²) in [5.41, 5.74) is 0. The van der Waals surface area contributed by atoms with Crippen molar-refractivity contribution in [1.29, 1.82) is 0 Å². The minimum absolute atomic E-state index is 0.241. The first-order chi connectivity index (χ1) is 9.06. The Balaban J connectivity index is 1.69. The average molecular weight is 271 g/mol. The summed E-state index contributed by atoms with van der Waals surface area (Å²) in [5.74, 6) is -1.56. The molecule has 3 atom stereocenters. The lowest BCUT2D eigenvalue weighted by Crippen LogP contribution is -2.51. The van der Waals surface area contributed by atoms with Gasteiger partial charge in [0, 0.05) is 38.8 Å². The van der Waals surface area contributed by atoms with Gasteiger partial charge in [0.05, 0.1) is 12.0 Å². The molecule has 2 fully saturated rings. The largest absolute Gasteiger partial charge is 0.481 e. The predicted molar refractivity (Wildman–Crippen MR) is 72.1 cm³/mol. The third-order valence-electron chi connectivity index (χ3n) is 4.32. The zero-order chi connectivity index (χ0) is 13.8. The number of carboxylic acids is 1. The van der Waals surface area contributed by atoms with Crippen LogP contribution in [0.3, 0.4) is 0 Å². The number of nitrogens with one attached hydrogen (secondary N) is 1. The summed E-state index contributed by atoms with van der Waals surface area (Å²) in [4.78, 5) is 15.7. The first-order valence-corrected chi connectivity index (χ1v) is 7.11. The van der Waals surface area contributed by atoms with Crippen LogP contribution in [-0.2, 0) is 4.79 Å². The molecule has 3 unspecified atom stereocenters. The molecule has 3 N–H and O–H groups in total. The Morgan fingerprint density at radius 3 is 2.58 bits per heavy atom. The Hall–Kier alpha value is -0.690. The molecule has 2 aliphatic rings. The van der Waals surface area contributed by atoms with Gasteiger partial charge in [-0.05, 0) is 26.4 Å². The SMILES string of the molecule is CN1CCN(CCC2CC(O)C(C(=O)O)CN2)CC1. The van der Waals surface area contributed by atoms with Crippen LogP contribution in [0, 0.1) is 5.92 Å². The van der Waals surface area contributed by atoms with Crippen LogP contribution in [0.5, 0.6) is 0 Å². The number of piperazine rings is 1.